The number of amides is 1. The van der Waals surface area contributed by atoms with E-state index in [0.29, 0.717) is 11.6 Å². The smallest absolute Gasteiger partial charge is 0.335 e. The number of anilines is 1. The third-order valence-electron chi connectivity index (χ3n) is 3.23. The summed E-state index contributed by atoms with van der Waals surface area (Å²) in [5.74, 6) is -1.75. The van der Waals surface area contributed by atoms with Gasteiger partial charge in [0.05, 0.1) is 5.56 Å². The van der Waals surface area contributed by atoms with Gasteiger partial charge in [0.1, 0.15) is 11.6 Å². The van der Waals surface area contributed by atoms with E-state index in [0.717, 1.165) is 5.56 Å². The van der Waals surface area contributed by atoms with E-state index in [9.17, 15) is 9.59 Å². The summed E-state index contributed by atoms with van der Waals surface area (Å²) in [6, 6.07) is 14.8. The highest BCUT2D eigenvalue weighted by Gasteiger charge is 2.11. The molecule has 0 spiro atoms. The number of aromatic carboxylic acids is 1. The molecule has 0 unspecified atom stereocenters. The summed E-state index contributed by atoms with van der Waals surface area (Å²) in [5, 5.41) is 24.0. The normalized spacial score (nSPS) is 10.6. The first-order valence-electron chi connectivity index (χ1n) is 7.23. The van der Waals surface area contributed by atoms with E-state index in [1.165, 1.54) is 30.5 Å². The zero-order valence-corrected chi connectivity index (χ0v) is 13.7. The van der Waals surface area contributed by atoms with E-state index in [1.807, 2.05) is 12.1 Å². The van der Waals surface area contributed by atoms with Crippen molar-refractivity contribution in [3.8, 4) is 6.07 Å². The quantitative estimate of drug-likeness (QED) is 0.545. The van der Waals surface area contributed by atoms with Gasteiger partial charge in [-0.3, -0.25) is 4.79 Å². The third kappa shape index (κ3) is 5.09. The summed E-state index contributed by atoms with van der Waals surface area (Å²) in [6.45, 7) is 0.354. The number of hydrogen-bond acceptors (Lipinski definition) is 4. The van der Waals surface area contributed by atoms with Crippen LogP contribution in [-0.4, -0.2) is 17.0 Å². The second-order valence-corrected chi connectivity index (χ2v) is 5.39. The molecule has 6 nitrogen and oxygen atoms in total. The van der Waals surface area contributed by atoms with E-state index >= 15 is 0 Å². The number of carboxylic acid groups (broad SMARTS) is 1. The van der Waals surface area contributed by atoms with Crippen LogP contribution in [0.2, 0.25) is 5.02 Å². The summed E-state index contributed by atoms with van der Waals surface area (Å²) in [6.07, 6.45) is 1.29. The van der Waals surface area contributed by atoms with Crippen molar-refractivity contribution in [3.63, 3.8) is 0 Å². The number of halogens is 1. The van der Waals surface area contributed by atoms with Crippen LogP contribution >= 0.6 is 11.6 Å². The lowest BCUT2D eigenvalue weighted by molar-refractivity contribution is -0.112. The Labute approximate surface area is 149 Å². The second kappa shape index (κ2) is 8.52. The molecule has 0 saturated heterocycles. The number of nitriles is 1. The van der Waals surface area contributed by atoms with Gasteiger partial charge in [0.15, 0.2) is 0 Å². The van der Waals surface area contributed by atoms with E-state index in [4.69, 9.17) is 22.0 Å². The fourth-order valence-corrected chi connectivity index (χ4v) is 2.18. The number of rotatable bonds is 6. The summed E-state index contributed by atoms with van der Waals surface area (Å²) in [5.41, 5.74) is 1.01. The topological polar surface area (TPSA) is 102 Å². The van der Waals surface area contributed by atoms with Crippen molar-refractivity contribution in [2.45, 2.75) is 6.54 Å². The lowest BCUT2D eigenvalue weighted by Gasteiger charge is -2.07. The Balaban J connectivity index is 2.03. The fourth-order valence-electron chi connectivity index (χ4n) is 1.98. The van der Waals surface area contributed by atoms with Crippen LogP contribution in [-0.2, 0) is 11.3 Å². The number of nitrogens with one attached hydrogen (secondary N) is 2. The van der Waals surface area contributed by atoms with Crippen LogP contribution in [0.1, 0.15) is 15.9 Å². The third-order valence-corrected chi connectivity index (χ3v) is 3.60. The van der Waals surface area contributed by atoms with Gasteiger partial charge in [0.2, 0.25) is 0 Å². The molecule has 0 aliphatic heterocycles. The van der Waals surface area contributed by atoms with E-state index in [-0.39, 0.29) is 16.8 Å². The van der Waals surface area contributed by atoms with Crippen molar-refractivity contribution in [2.75, 3.05) is 5.32 Å². The molecule has 0 fully saturated rings. The standard InChI is InChI=1S/C18H14ClN3O3/c19-16-7-2-1-4-13(16)10-21-11-14(9-20)17(23)22-15-6-3-5-12(8-15)18(24)25/h1-8,11,21H,10H2,(H,22,23)(H,24,25)/b14-11-. The van der Waals surface area contributed by atoms with Gasteiger partial charge in [0.25, 0.3) is 5.91 Å². The first kappa shape index (κ1) is 18.0. The minimum absolute atomic E-state index is 0.0390. The number of hydrogen-bond donors (Lipinski definition) is 3. The second-order valence-electron chi connectivity index (χ2n) is 4.98. The van der Waals surface area contributed by atoms with Gasteiger partial charge in [-0.25, -0.2) is 4.79 Å². The number of carboxylic acids is 1. The molecule has 0 aliphatic rings. The molecule has 0 bridgehead atoms. The highest BCUT2D eigenvalue weighted by molar-refractivity contribution is 6.31. The summed E-state index contributed by atoms with van der Waals surface area (Å²) < 4.78 is 0. The Morgan fingerprint density at radius 2 is 1.96 bits per heavy atom. The van der Waals surface area contributed by atoms with Crippen LogP contribution in [0.15, 0.2) is 60.3 Å². The van der Waals surface area contributed by atoms with Gasteiger partial charge < -0.3 is 15.7 Å². The number of carbonyl (C=O) groups excluding carboxylic acids is 1. The van der Waals surface area contributed by atoms with Crippen LogP contribution in [0, 0.1) is 11.3 Å². The Bertz CT molecular complexity index is 872. The maximum Gasteiger partial charge on any atom is 0.335 e. The SMILES string of the molecule is N#C/C(=C/NCc1ccccc1Cl)C(=O)Nc1cccc(C(=O)O)c1. The van der Waals surface area contributed by atoms with Crippen molar-refractivity contribution in [1.29, 1.82) is 5.26 Å². The summed E-state index contributed by atoms with van der Waals surface area (Å²) in [4.78, 5) is 23.1. The molecule has 2 aromatic carbocycles. The highest BCUT2D eigenvalue weighted by atomic mass is 35.5. The summed E-state index contributed by atoms with van der Waals surface area (Å²) >= 11 is 6.03. The fraction of sp³-hybridized carbons (Fsp3) is 0.0556. The van der Waals surface area contributed by atoms with Crippen LogP contribution in [0.4, 0.5) is 5.69 Å². The highest BCUT2D eigenvalue weighted by Crippen LogP contribution is 2.15. The van der Waals surface area contributed by atoms with Gasteiger partial charge in [-0.15, -0.1) is 0 Å². The summed E-state index contributed by atoms with van der Waals surface area (Å²) in [7, 11) is 0. The van der Waals surface area contributed by atoms with Crippen molar-refractivity contribution in [3.05, 3.63) is 76.5 Å². The number of benzene rings is 2. The molecule has 0 aliphatic carbocycles. The molecule has 25 heavy (non-hydrogen) atoms. The number of carbonyl (C=O) groups is 2. The maximum atomic E-state index is 12.1. The minimum Gasteiger partial charge on any atom is -0.478 e. The molecule has 1 amide bonds. The molecular weight excluding hydrogens is 342 g/mol. The maximum absolute atomic E-state index is 12.1. The van der Waals surface area contributed by atoms with Crippen molar-refractivity contribution < 1.29 is 14.7 Å². The average Bonchev–Trinajstić information content (AvgIpc) is 2.60. The predicted octanol–water partition coefficient (Wildman–Crippen LogP) is 3.17. The van der Waals surface area contributed by atoms with E-state index in [2.05, 4.69) is 10.6 Å². The monoisotopic (exact) mass is 355 g/mol. The zero-order valence-electron chi connectivity index (χ0n) is 13.0. The predicted molar refractivity (Wildman–Crippen MR) is 94.0 cm³/mol. The first-order valence-corrected chi connectivity index (χ1v) is 7.61. The Hall–Kier alpha value is -3.30. The molecule has 3 N–H and O–H groups in total. The van der Waals surface area contributed by atoms with E-state index in [1.54, 1.807) is 18.2 Å². The van der Waals surface area contributed by atoms with Gasteiger partial charge >= 0.3 is 5.97 Å². The Kier molecular flexibility index (Phi) is 6.15. The number of nitrogens with zero attached hydrogens (tertiary/aromatic N) is 1. The van der Waals surface area contributed by atoms with Crippen molar-refractivity contribution in [1.82, 2.24) is 5.32 Å². The molecule has 7 heteroatoms. The van der Waals surface area contributed by atoms with Gasteiger partial charge in [-0.05, 0) is 29.8 Å². The lowest BCUT2D eigenvalue weighted by Crippen LogP contribution is -2.17. The van der Waals surface area contributed by atoms with Crippen LogP contribution in [0.25, 0.3) is 0 Å². The van der Waals surface area contributed by atoms with E-state index < -0.39 is 11.9 Å². The van der Waals surface area contributed by atoms with Crippen LogP contribution in [0.3, 0.4) is 0 Å². The zero-order chi connectivity index (χ0) is 18.2. The van der Waals surface area contributed by atoms with Gasteiger partial charge in [-0.1, -0.05) is 35.9 Å². The Morgan fingerprint density at radius 1 is 1.20 bits per heavy atom. The first-order chi connectivity index (χ1) is 12.0. The molecule has 2 aromatic rings. The average molecular weight is 356 g/mol. The van der Waals surface area contributed by atoms with Gasteiger partial charge in [-0.2, -0.15) is 5.26 Å². The molecule has 0 aromatic heterocycles. The molecule has 2 rings (SSSR count). The minimum atomic E-state index is -1.10. The van der Waals surface area contributed by atoms with Crippen molar-refractivity contribution >= 4 is 29.2 Å². The van der Waals surface area contributed by atoms with Gasteiger partial charge in [0, 0.05) is 23.5 Å². The largest absolute Gasteiger partial charge is 0.478 e. The molecule has 0 atom stereocenters. The van der Waals surface area contributed by atoms with Crippen molar-refractivity contribution in [2.24, 2.45) is 0 Å². The lowest BCUT2D eigenvalue weighted by atomic mass is 10.2. The molecule has 0 radical (unpaired) electrons. The molecule has 0 saturated carbocycles. The molecule has 0 heterocycles. The Morgan fingerprint density at radius 3 is 2.64 bits per heavy atom. The van der Waals surface area contributed by atoms with Crippen LogP contribution < -0.4 is 10.6 Å². The molecule has 126 valence electrons. The van der Waals surface area contributed by atoms with Crippen LogP contribution in [0.5, 0.6) is 0 Å². The molecular formula is C18H14ClN3O3.